The zero-order valence-corrected chi connectivity index (χ0v) is 10.8. The Balaban J connectivity index is 2.69. The Bertz CT molecular complexity index is 810. The van der Waals surface area contributed by atoms with E-state index in [1.54, 1.807) is 18.2 Å². The summed E-state index contributed by atoms with van der Waals surface area (Å²) in [7, 11) is 0. The predicted octanol–water partition coefficient (Wildman–Crippen LogP) is 1.75. The van der Waals surface area contributed by atoms with Gasteiger partial charge in [0.15, 0.2) is 5.43 Å². The van der Waals surface area contributed by atoms with Crippen molar-refractivity contribution >= 4 is 23.0 Å². The summed E-state index contributed by atoms with van der Waals surface area (Å²) in [5.41, 5.74) is 6.04. The number of amides is 1. The van der Waals surface area contributed by atoms with E-state index in [9.17, 15) is 9.59 Å². The Hall–Kier alpha value is -2.87. The van der Waals surface area contributed by atoms with E-state index in [4.69, 9.17) is 15.4 Å². The molecule has 0 saturated carbocycles. The molecule has 1 heterocycles. The fourth-order valence-electron chi connectivity index (χ4n) is 1.83. The Morgan fingerprint density at radius 1 is 1.50 bits per heavy atom. The normalized spacial score (nSPS) is 11.3. The van der Waals surface area contributed by atoms with E-state index in [1.807, 2.05) is 13.0 Å². The summed E-state index contributed by atoms with van der Waals surface area (Å²) < 4.78 is 5.34. The maximum atomic E-state index is 12.3. The van der Waals surface area contributed by atoms with Gasteiger partial charge in [-0.2, -0.15) is 5.26 Å². The molecule has 0 saturated heterocycles. The Morgan fingerprint density at radius 2 is 2.25 bits per heavy atom. The number of nitrogens with zero attached hydrogens (tertiary/aromatic N) is 1. The number of primary amides is 1. The molecule has 2 aromatic rings. The van der Waals surface area contributed by atoms with Crippen LogP contribution in [0.1, 0.15) is 18.1 Å². The van der Waals surface area contributed by atoms with E-state index in [-0.39, 0.29) is 16.6 Å². The first-order chi connectivity index (χ1) is 9.56. The molecule has 5 nitrogen and oxygen atoms in total. The number of carbonyl (C=O) groups excluding carboxylic acids is 1. The van der Waals surface area contributed by atoms with Gasteiger partial charge in [0, 0.05) is 0 Å². The van der Waals surface area contributed by atoms with Gasteiger partial charge in [-0.1, -0.05) is 13.0 Å². The zero-order chi connectivity index (χ0) is 14.7. The molecule has 5 heteroatoms. The number of carbonyl (C=O) groups is 1. The van der Waals surface area contributed by atoms with Crippen LogP contribution in [0.2, 0.25) is 0 Å². The molecule has 0 bridgehead atoms. The molecule has 0 fully saturated rings. The highest BCUT2D eigenvalue weighted by molar-refractivity contribution is 6.00. The first-order valence-corrected chi connectivity index (χ1v) is 6.03. The largest absolute Gasteiger partial charge is 0.463 e. The van der Waals surface area contributed by atoms with Crippen LogP contribution in [-0.2, 0) is 11.2 Å². The summed E-state index contributed by atoms with van der Waals surface area (Å²) in [6.45, 7) is 1.98. The van der Waals surface area contributed by atoms with Gasteiger partial charge < -0.3 is 10.2 Å². The lowest BCUT2D eigenvalue weighted by molar-refractivity contribution is -0.114. The molecule has 1 aromatic heterocycles. The van der Waals surface area contributed by atoms with Crippen LogP contribution in [0.25, 0.3) is 17.0 Å². The van der Waals surface area contributed by atoms with Crippen LogP contribution < -0.4 is 11.2 Å². The number of fused-ring (bicyclic) bond motifs is 1. The lowest BCUT2D eigenvalue weighted by atomic mass is 10.1. The Morgan fingerprint density at radius 3 is 2.85 bits per heavy atom. The average molecular weight is 268 g/mol. The second kappa shape index (κ2) is 5.41. The molecule has 0 spiro atoms. The SMILES string of the molecule is CCc1ccc2occ(/C=C(\C#N)C(N)=O)c(=O)c2c1. The first-order valence-electron chi connectivity index (χ1n) is 6.03. The molecule has 20 heavy (non-hydrogen) atoms. The molecule has 0 radical (unpaired) electrons. The topological polar surface area (TPSA) is 97.1 Å². The third kappa shape index (κ3) is 2.45. The minimum absolute atomic E-state index is 0.126. The van der Waals surface area contributed by atoms with Crippen molar-refractivity contribution in [2.45, 2.75) is 13.3 Å². The smallest absolute Gasteiger partial charge is 0.259 e. The summed E-state index contributed by atoms with van der Waals surface area (Å²) in [4.78, 5) is 23.3. The monoisotopic (exact) mass is 268 g/mol. The number of nitriles is 1. The molecule has 0 unspecified atom stereocenters. The molecule has 0 aliphatic heterocycles. The first kappa shape index (κ1) is 13.6. The van der Waals surface area contributed by atoms with E-state index in [1.165, 1.54) is 6.26 Å². The number of hydrogen-bond acceptors (Lipinski definition) is 4. The zero-order valence-electron chi connectivity index (χ0n) is 10.8. The average Bonchev–Trinajstić information content (AvgIpc) is 2.46. The van der Waals surface area contributed by atoms with E-state index in [0.717, 1.165) is 18.1 Å². The fraction of sp³-hybridized carbons (Fsp3) is 0.133. The van der Waals surface area contributed by atoms with Crippen LogP contribution in [-0.4, -0.2) is 5.91 Å². The molecule has 1 aromatic carbocycles. The molecule has 0 atom stereocenters. The minimum atomic E-state index is -0.880. The molecular formula is C15H12N2O3. The molecule has 100 valence electrons. The summed E-state index contributed by atoms with van der Waals surface area (Å²) in [5.74, 6) is -0.880. The van der Waals surface area contributed by atoms with E-state index in [2.05, 4.69) is 0 Å². The standard InChI is InChI=1S/C15H12N2O3/c1-2-9-3-4-13-12(5-9)14(18)11(8-20-13)6-10(7-16)15(17)19/h3-6,8H,2H2,1H3,(H2,17,19)/b10-6+. The van der Waals surface area contributed by atoms with Crippen molar-refractivity contribution in [1.82, 2.24) is 0 Å². The molecule has 0 aliphatic rings. The van der Waals surface area contributed by atoms with Crippen LogP contribution >= 0.6 is 0 Å². The van der Waals surface area contributed by atoms with Crippen molar-refractivity contribution in [2.24, 2.45) is 5.73 Å². The van der Waals surface area contributed by atoms with Crippen LogP contribution in [0.3, 0.4) is 0 Å². The minimum Gasteiger partial charge on any atom is -0.463 e. The van der Waals surface area contributed by atoms with Gasteiger partial charge in [-0.3, -0.25) is 9.59 Å². The number of nitrogens with two attached hydrogens (primary N) is 1. The fourth-order valence-corrected chi connectivity index (χ4v) is 1.83. The predicted molar refractivity (Wildman–Crippen MR) is 74.6 cm³/mol. The lowest BCUT2D eigenvalue weighted by Gasteiger charge is -2.01. The van der Waals surface area contributed by atoms with Crippen molar-refractivity contribution in [2.75, 3.05) is 0 Å². The van der Waals surface area contributed by atoms with Gasteiger partial charge in [0.25, 0.3) is 5.91 Å². The summed E-state index contributed by atoms with van der Waals surface area (Å²) >= 11 is 0. The maximum Gasteiger partial charge on any atom is 0.259 e. The van der Waals surface area contributed by atoms with E-state index in [0.29, 0.717) is 11.0 Å². The van der Waals surface area contributed by atoms with Crippen LogP contribution in [0.15, 0.2) is 39.2 Å². The highest BCUT2D eigenvalue weighted by atomic mass is 16.3. The van der Waals surface area contributed by atoms with E-state index >= 15 is 0 Å². The molecule has 2 rings (SSSR count). The van der Waals surface area contributed by atoms with Gasteiger partial charge in [-0.25, -0.2) is 0 Å². The summed E-state index contributed by atoms with van der Waals surface area (Å²) in [5, 5.41) is 9.21. The van der Waals surface area contributed by atoms with Gasteiger partial charge >= 0.3 is 0 Å². The molecule has 2 N–H and O–H groups in total. The van der Waals surface area contributed by atoms with Crippen molar-refractivity contribution in [1.29, 1.82) is 5.26 Å². The number of benzene rings is 1. The van der Waals surface area contributed by atoms with Crippen molar-refractivity contribution < 1.29 is 9.21 Å². The second-order valence-corrected chi connectivity index (χ2v) is 4.24. The maximum absolute atomic E-state index is 12.3. The summed E-state index contributed by atoms with van der Waals surface area (Å²) in [6, 6.07) is 7.00. The van der Waals surface area contributed by atoms with Gasteiger partial charge in [0.1, 0.15) is 23.5 Å². The third-order valence-corrected chi connectivity index (χ3v) is 2.96. The van der Waals surface area contributed by atoms with Crippen molar-refractivity contribution in [3.8, 4) is 6.07 Å². The van der Waals surface area contributed by atoms with Crippen molar-refractivity contribution in [3.05, 3.63) is 51.4 Å². The lowest BCUT2D eigenvalue weighted by Crippen LogP contribution is -2.14. The van der Waals surface area contributed by atoms with Crippen LogP contribution in [0.5, 0.6) is 0 Å². The highest BCUT2D eigenvalue weighted by Crippen LogP contribution is 2.15. The Kier molecular flexibility index (Phi) is 3.67. The van der Waals surface area contributed by atoms with Gasteiger partial charge in [0.05, 0.1) is 10.9 Å². The molecule has 1 amide bonds. The second-order valence-electron chi connectivity index (χ2n) is 4.24. The Labute approximate surface area is 114 Å². The molecule has 0 aliphatic carbocycles. The van der Waals surface area contributed by atoms with Crippen molar-refractivity contribution in [3.63, 3.8) is 0 Å². The van der Waals surface area contributed by atoms with Crippen LogP contribution in [0.4, 0.5) is 0 Å². The van der Waals surface area contributed by atoms with Gasteiger partial charge in [-0.15, -0.1) is 0 Å². The third-order valence-electron chi connectivity index (χ3n) is 2.96. The summed E-state index contributed by atoms with van der Waals surface area (Å²) in [6.07, 6.45) is 3.16. The highest BCUT2D eigenvalue weighted by Gasteiger charge is 2.09. The number of aryl methyl sites for hydroxylation is 1. The quantitative estimate of drug-likeness (QED) is 0.677. The number of hydrogen-bond donors (Lipinski definition) is 1. The molecular weight excluding hydrogens is 256 g/mol. The van der Waals surface area contributed by atoms with E-state index < -0.39 is 5.91 Å². The number of rotatable bonds is 3. The van der Waals surface area contributed by atoms with Crippen LogP contribution in [0, 0.1) is 11.3 Å². The van der Waals surface area contributed by atoms with Gasteiger partial charge in [0.2, 0.25) is 0 Å². The van der Waals surface area contributed by atoms with Gasteiger partial charge in [-0.05, 0) is 30.2 Å².